The third kappa shape index (κ3) is 6.65. The molecule has 1 atom stereocenters. The molecule has 0 aliphatic heterocycles. The van der Waals surface area contributed by atoms with Crippen molar-refractivity contribution in [3.63, 3.8) is 0 Å². The van der Waals surface area contributed by atoms with E-state index in [1.165, 1.54) is 6.07 Å². The number of amides is 1. The molecule has 0 spiro atoms. The molecule has 1 heterocycles. The van der Waals surface area contributed by atoms with Crippen LogP contribution in [0.4, 0.5) is 18.0 Å². The van der Waals surface area contributed by atoms with Crippen molar-refractivity contribution in [1.29, 1.82) is 0 Å². The van der Waals surface area contributed by atoms with E-state index >= 15 is 0 Å². The van der Waals surface area contributed by atoms with Gasteiger partial charge in [0.2, 0.25) is 0 Å². The number of ether oxygens (including phenoxy) is 1. The van der Waals surface area contributed by atoms with Gasteiger partial charge in [0.15, 0.2) is 5.43 Å². The fourth-order valence-corrected chi connectivity index (χ4v) is 5.14. The number of nitrogens with one attached hydrogen (secondary N) is 1. The number of benzene rings is 2. The van der Waals surface area contributed by atoms with Crippen LogP contribution in [0, 0.1) is 0 Å². The van der Waals surface area contributed by atoms with Crippen LogP contribution in [-0.2, 0) is 17.3 Å². The smallest absolute Gasteiger partial charge is 0.416 e. The number of aryl methyl sites for hydroxylation is 1. The van der Waals surface area contributed by atoms with Gasteiger partial charge in [-0.05, 0) is 82.9 Å². The number of halogens is 4. The van der Waals surface area contributed by atoms with E-state index in [2.05, 4.69) is 5.32 Å². The van der Waals surface area contributed by atoms with E-state index in [0.29, 0.717) is 39.9 Å². The van der Waals surface area contributed by atoms with Crippen molar-refractivity contribution in [1.82, 2.24) is 5.32 Å². The molecule has 3 rings (SSSR count). The van der Waals surface area contributed by atoms with Gasteiger partial charge in [0, 0.05) is 25.2 Å². The molecule has 0 fully saturated rings. The topological polar surface area (TPSA) is 75.6 Å². The van der Waals surface area contributed by atoms with Crippen LogP contribution < -0.4 is 10.7 Å². The van der Waals surface area contributed by atoms with Gasteiger partial charge in [-0.25, -0.2) is 4.79 Å². The summed E-state index contributed by atoms with van der Waals surface area (Å²) in [4.78, 5) is 25.1. The summed E-state index contributed by atoms with van der Waals surface area (Å²) < 4.78 is 45.2. The molecule has 1 amide bonds. The molecule has 0 bridgehead atoms. The van der Waals surface area contributed by atoms with E-state index in [1.54, 1.807) is 39.8 Å². The molecule has 2 N–H and O–H groups in total. The predicted octanol–water partition coefficient (Wildman–Crippen LogP) is 6.69. The number of fused-ring (bicyclic) bond motifs is 2. The molecule has 1 aromatic heterocycles. The number of carbonyl (C=O) groups is 1. The third-order valence-corrected chi connectivity index (χ3v) is 6.96. The summed E-state index contributed by atoms with van der Waals surface area (Å²) in [5, 5.41) is 13.5. The maximum absolute atomic E-state index is 13.1. The van der Waals surface area contributed by atoms with Crippen molar-refractivity contribution in [3.8, 4) is 0 Å². The average molecular weight is 530 g/mol. The molecule has 0 aliphatic carbocycles. The van der Waals surface area contributed by atoms with Crippen molar-refractivity contribution in [2.24, 2.45) is 0 Å². The zero-order valence-corrected chi connectivity index (χ0v) is 21.4. The summed E-state index contributed by atoms with van der Waals surface area (Å²) in [5.74, 6) is 0. The number of hydrogen-bond acceptors (Lipinski definition) is 5. The van der Waals surface area contributed by atoms with Crippen LogP contribution >= 0.6 is 22.9 Å². The fraction of sp³-hybridized carbons (Fsp3) is 0.440. The Morgan fingerprint density at radius 2 is 1.74 bits per heavy atom. The first-order chi connectivity index (χ1) is 16.1. The minimum atomic E-state index is -4.50. The predicted molar refractivity (Wildman–Crippen MR) is 133 cm³/mol. The lowest BCUT2D eigenvalue weighted by molar-refractivity contribution is -0.137. The Hall–Kier alpha value is -2.36. The Bertz CT molecular complexity index is 1320. The zero-order valence-electron chi connectivity index (χ0n) is 19.8. The molecule has 190 valence electrons. The van der Waals surface area contributed by atoms with Crippen LogP contribution in [0.25, 0.3) is 20.2 Å². The molecular weight excluding hydrogens is 503 g/mol. The number of rotatable bonds is 6. The zero-order chi connectivity index (χ0) is 26.2. The standard InChI is InChI=1S/C25H27ClF3NO4S/c1-23(2,3)34-22(33)30-24(4,13-31)9-5-6-14-10-17-20(12-18(14)26)35-19-11-15(25(27,28)29)7-8-16(19)21(17)32/h7-8,10-12,31H,5-6,9,13H2,1-4H3,(H,30,33). The Kier molecular flexibility index (Phi) is 7.74. The van der Waals surface area contributed by atoms with Crippen molar-refractivity contribution in [2.45, 2.75) is 64.3 Å². The largest absolute Gasteiger partial charge is 0.444 e. The van der Waals surface area contributed by atoms with Gasteiger partial charge >= 0.3 is 12.3 Å². The van der Waals surface area contributed by atoms with Crippen LogP contribution in [-0.4, -0.2) is 28.9 Å². The molecule has 0 saturated heterocycles. The lowest BCUT2D eigenvalue weighted by atomic mass is 9.94. The molecular formula is C25H27ClF3NO4S. The first kappa shape index (κ1) is 27.2. The summed E-state index contributed by atoms with van der Waals surface area (Å²) >= 11 is 7.52. The van der Waals surface area contributed by atoms with E-state index in [4.69, 9.17) is 16.3 Å². The molecule has 0 aliphatic rings. The molecule has 10 heteroatoms. The maximum atomic E-state index is 13.1. The molecule has 5 nitrogen and oxygen atoms in total. The monoisotopic (exact) mass is 529 g/mol. The van der Waals surface area contributed by atoms with Crippen molar-refractivity contribution in [2.75, 3.05) is 6.61 Å². The molecule has 0 saturated carbocycles. The lowest BCUT2D eigenvalue weighted by Crippen LogP contribution is -2.50. The Balaban J connectivity index is 1.82. The maximum Gasteiger partial charge on any atom is 0.416 e. The average Bonchev–Trinajstić information content (AvgIpc) is 2.72. The van der Waals surface area contributed by atoms with E-state index < -0.39 is 29.0 Å². The highest BCUT2D eigenvalue weighted by molar-refractivity contribution is 7.24. The van der Waals surface area contributed by atoms with E-state index in [0.717, 1.165) is 23.5 Å². The highest BCUT2D eigenvalue weighted by atomic mass is 35.5. The normalized spacial score (nSPS) is 14.2. The fourth-order valence-electron chi connectivity index (χ4n) is 3.69. The Morgan fingerprint density at radius 3 is 2.34 bits per heavy atom. The highest BCUT2D eigenvalue weighted by Crippen LogP contribution is 2.35. The van der Waals surface area contributed by atoms with E-state index in [-0.39, 0.29) is 22.1 Å². The van der Waals surface area contributed by atoms with Crippen LogP contribution in [0.2, 0.25) is 5.02 Å². The minimum absolute atomic E-state index is 0.221. The first-order valence-electron chi connectivity index (χ1n) is 11.0. The summed E-state index contributed by atoms with van der Waals surface area (Å²) in [6.07, 6.45) is -3.70. The van der Waals surface area contributed by atoms with Crippen LogP contribution in [0.1, 0.15) is 51.7 Å². The summed E-state index contributed by atoms with van der Waals surface area (Å²) in [7, 11) is 0. The second-order valence-electron chi connectivity index (χ2n) is 9.78. The van der Waals surface area contributed by atoms with Crippen LogP contribution in [0.5, 0.6) is 0 Å². The second kappa shape index (κ2) is 9.95. The van der Waals surface area contributed by atoms with Gasteiger partial charge in [-0.3, -0.25) is 4.79 Å². The van der Waals surface area contributed by atoms with Crippen molar-refractivity contribution < 1.29 is 27.8 Å². The van der Waals surface area contributed by atoms with Crippen molar-refractivity contribution >= 4 is 49.2 Å². The molecule has 2 aromatic carbocycles. The number of alkyl carbamates (subject to hydrolysis) is 1. The van der Waals surface area contributed by atoms with Crippen LogP contribution in [0.15, 0.2) is 35.1 Å². The number of aliphatic hydroxyl groups excluding tert-OH is 1. The van der Waals surface area contributed by atoms with Gasteiger partial charge in [-0.1, -0.05) is 11.6 Å². The summed E-state index contributed by atoms with van der Waals surface area (Å²) in [5.41, 5.74) is -2.05. The highest BCUT2D eigenvalue weighted by Gasteiger charge is 2.31. The Morgan fingerprint density at radius 1 is 1.09 bits per heavy atom. The number of aliphatic hydroxyl groups is 1. The van der Waals surface area contributed by atoms with Gasteiger partial charge in [-0.15, -0.1) is 11.3 Å². The van der Waals surface area contributed by atoms with Crippen molar-refractivity contribution in [3.05, 3.63) is 56.7 Å². The first-order valence-corrected chi connectivity index (χ1v) is 12.2. The molecule has 35 heavy (non-hydrogen) atoms. The minimum Gasteiger partial charge on any atom is -0.444 e. The summed E-state index contributed by atoms with van der Waals surface area (Å²) in [6, 6.07) is 6.37. The van der Waals surface area contributed by atoms with Gasteiger partial charge in [0.25, 0.3) is 0 Å². The second-order valence-corrected chi connectivity index (χ2v) is 11.3. The quantitative estimate of drug-likeness (QED) is 0.349. The molecule has 3 aromatic rings. The third-order valence-electron chi connectivity index (χ3n) is 5.49. The molecule has 0 radical (unpaired) electrons. The molecule has 1 unspecified atom stereocenters. The number of carbonyl (C=O) groups excluding carboxylic acids is 1. The van der Waals surface area contributed by atoms with Gasteiger partial charge in [-0.2, -0.15) is 13.2 Å². The SMILES string of the molecule is CC(CO)(CCCc1cc2c(=O)c3ccc(C(F)(F)F)cc3sc2cc1Cl)NC(=O)OC(C)(C)C. The van der Waals surface area contributed by atoms with Gasteiger partial charge in [0.1, 0.15) is 5.60 Å². The number of hydrogen-bond donors (Lipinski definition) is 2. The Labute approximate surface area is 209 Å². The van der Waals surface area contributed by atoms with Crippen LogP contribution in [0.3, 0.4) is 0 Å². The van der Waals surface area contributed by atoms with E-state index in [1.807, 2.05) is 0 Å². The van der Waals surface area contributed by atoms with Gasteiger partial charge < -0.3 is 15.2 Å². The summed E-state index contributed by atoms with van der Waals surface area (Å²) in [6.45, 7) is 6.64. The number of alkyl halides is 3. The van der Waals surface area contributed by atoms with E-state index in [9.17, 15) is 27.9 Å². The van der Waals surface area contributed by atoms with Gasteiger partial charge in [0.05, 0.1) is 17.7 Å². The lowest BCUT2D eigenvalue weighted by Gasteiger charge is -2.30.